The van der Waals surface area contributed by atoms with Crippen molar-refractivity contribution < 1.29 is 4.74 Å². The fourth-order valence-corrected chi connectivity index (χ4v) is 3.36. The zero-order valence-corrected chi connectivity index (χ0v) is 17.3. The molecular weight excluding hydrogens is 376 g/mol. The number of aromatic nitrogens is 1. The van der Waals surface area contributed by atoms with Crippen LogP contribution in [-0.4, -0.2) is 50.4 Å². The maximum Gasteiger partial charge on any atom is 0.0868 e. The molecule has 0 saturated heterocycles. The van der Waals surface area contributed by atoms with Crippen molar-refractivity contribution in [2.45, 2.75) is 12.5 Å². The van der Waals surface area contributed by atoms with Gasteiger partial charge < -0.3 is 26.2 Å². The number of hydrogen-bond donors (Lipinski definition) is 5. The standard InChI is InChI=1S/C23H28N6O/c1-27-14-18(12-24)16-4-5-20(25)19(10-16)23(26)22-11-17-9-15(3-6-21(17)29-22)13-28-7-8-30-2/h3-6,9-12,14,18,24,26,28-29H,7-8,13,25H2,1-2H3. The SMILES string of the molecule is CN=CC(C=N)c1ccc(N)c(C(=N)c2cc3cc(CNCCOC)ccc3[nH]2)c1. The number of nitrogens with one attached hydrogen (secondary N) is 4. The molecule has 1 aromatic heterocycles. The third kappa shape index (κ3) is 4.82. The zero-order valence-electron chi connectivity index (χ0n) is 17.3. The summed E-state index contributed by atoms with van der Waals surface area (Å²) in [7, 11) is 3.37. The first-order valence-corrected chi connectivity index (χ1v) is 9.80. The van der Waals surface area contributed by atoms with Gasteiger partial charge >= 0.3 is 0 Å². The topological polar surface area (TPSA) is 123 Å². The first-order chi connectivity index (χ1) is 14.6. The predicted molar refractivity (Wildman–Crippen MR) is 125 cm³/mol. The molecule has 0 aliphatic heterocycles. The van der Waals surface area contributed by atoms with Gasteiger partial charge in [-0.15, -0.1) is 0 Å². The summed E-state index contributed by atoms with van der Waals surface area (Å²) in [5.41, 5.74) is 11.4. The molecule has 0 spiro atoms. The van der Waals surface area contributed by atoms with Gasteiger partial charge in [0.25, 0.3) is 0 Å². The van der Waals surface area contributed by atoms with E-state index in [4.69, 9.17) is 21.3 Å². The Kier molecular flexibility index (Phi) is 7.11. The Morgan fingerprint density at radius 1 is 1.27 bits per heavy atom. The van der Waals surface area contributed by atoms with Crippen molar-refractivity contribution >= 4 is 34.7 Å². The number of aromatic amines is 1. The smallest absolute Gasteiger partial charge is 0.0868 e. The molecule has 1 atom stereocenters. The summed E-state index contributed by atoms with van der Waals surface area (Å²) in [5, 5.41) is 20.8. The highest BCUT2D eigenvalue weighted by Crippen LogP contribution is 2.24. The molecule has 0 aliphatic carbocycles. The molecule has 2 aromatic carbocycles. The molecule has 7 nitrogen and oxygen atoms in total. The number of hydrogen-bond acceptors (Lipinski definition) is 6. The number of nitrogens with zero attached hydrogens (tertiary/aromatic N) is 1. The molecule has 0 saturated carbocycles. The van der Waals surface area contributed by atoms with E-state index in [2.05, 4.69) is 27.4 Å². The minimum atomic E-state index is -0.238. The lowest BCUT2D eigenvalue weighted by Gasteiger charge is -2.12. The molecule has 0 radical (unpaired) electrons. The maximum atomic E-state index is 8.72. The lowest BCUT2D eigenvalue weighted by Crippen LogP contribution is -2.18. The number of H-pyrrole nitrogens is 1. The molecule has 7 heteroatoms. The largest absolute Gasteiger partial charge is 0.398 e. The van der Waals surface area contributed by atoms with E-state index < -0.39 is 0 Å². The molecule has 0 fully saturated rings. The van der Waals surface area contributed by atoms with Crippen LogP contribution in [0.1, 0.15) is 28.3 Å². The van der Waals surface area contributed by atoms with Crippen LogP contribution in [0.2, 0.25) is 0 Å². The molecule has 6 N–H and O–H groups in total. The van der Waals surface area contributed by atoms with Gasteiger partial charge in [-0.1, -0.05) is 12.1 Å². The highest BCUT2D eigenvalue weighted by atomic mass is 16.5. The minimum absolute atomic E-state index is 0.238. The summed E-state index contributed by atoms with van der Waals surface area (Å²) in [4.78, 5) is 7.35. The Hall–Kier alpha value is -3.29. The normalized spacial score (nSPS) is 12.5. The van der Waals surface area contributed by atoms with Crippen LogP contribution >= 0.6 is 0 Å². The Bertz CT molecular complexity index is 1070. The van der Waals surface area contributed by atoms with Crippen molar-refractivity contribution in [3.8, 4) is 0 Å². The Balaban J connectivity index is 1.86. The van der Waals surface area contributed by atoms with Crippen molar-refractivity contribution in [1.29, 1.82) is 10.8 Å². The summed E-state index contributed by atoms with van der Waals surface area (Å²) in [6, 6.07) is 13.7. The minimum Gasteiger partial charge on any atom is -0.398 e. The molecule has 0 aliphatic rings. The predicted octanol–water partition coefficient (Wildman–Crippen LogP) is 3.34. The number of nitrogen functional groups attached to an aromatic ring is 1. The number of methoxy groups -OCH3 is 1. The van der Waals surface area contributed by atoms with Gasteiger partial charge in [0.1, 0.15) is 0 Å². The number of nitrogens with two attached hydrogens (primary N) is 1. The number of ether oxygens (including phenoxy) is 1. The van der Waals surface area contributed by atoms with E-state index in [9.17, 15) is 0 Å². The second kappa shape index (κ2) is 9.96. The number of benzene rings is 2. The second-order valence-electron chi connectivity index (χ2n) is 7.10. The van der Waals surface area contributed by atoms with Crippen molar-refractivity contribution in [1.82, 2.24) is 10.3 Å². The number of rotatable bonds is 10. The summed E-state index contributed by atoms with van der Waals surface area (Å²) in [6.07, 6.45) is 3.04. The van der Waals surface area contributed by atoms with Crippen molar-refractivity contribution in [2.75, 3.05) is 33.0 Å². The molecule has 156 valence electrons. The lowest BCUT2D eigenvalue weighted by molar-refractivity contribution is 0.199. The number of anilines is 1. The number of aliphatic imine (C=N–C) groups is 1. The van der Waals surface area contributed by atoms with Gasteiger partial charge in [0.2, 0.25) is 0 Å². The highest BCUT2D eigenvalue weighted by molar-refractivity contribution is 6.14. The van der Waals surface area contributed by atoms with E-state index in [-0.39, 0.29) is 5.92 Å². The van der Waals surface area contributed by atoms with E-state index in [1.807, 2.05) is 24.3 Å². The highest BCUT2D eigenvalue weighted by Gasteiger charge is 2.15. The summed E-state index contributed by atoms with van der Waals surface area (Å²) >= 11 is 0. The van der Waals surface area contributed by atoms with E-state index in [0.717, 1.165) is 29.6 Å². The van der Waals surface area contributed by atoms with E-state index >= 15 is 0 Å². The van der Waals surface area contributed by atoms with Crippen LogP contribution in [0.3, 0.4) is 0 Å². The third-order valence-corrected chi connectivity index (χ3v) is 4.99. The first kappa shape index (κ1) is 21.4. The van der Waals surface area contributed by atoms with Gasteiger partial charge in [-0.05, 0) is 41.5 Å². The average Bonchev–Trinajstić information content (AvgIpc) is 3.18. The van der Waals surface area contributed by atoms with Gasteiger partial charge in [0.15, 0.2) is 0 Å². The van der Waals surface area contributed by atoms with Crippen LogP contribution in [-0.2, 0) is 11.3 Å². The van der Waals surface area contributed by atoms with Crippen LogP contribution in [0.25, 0.3) is 10.9 Å². The summed E-state index contributed by atoms with van der Waals surface area (Å²) in [6.45, 7) is 2.24. The fraction of sp³-hybridized carbons (Fsp3) is 0.261. The maximum absolute atomic E-state index is 8.72. The molecule has 3 rings (SSSR count). The Labute approximate surface area is 176 Å². The fourth-order valence-electron chi connectivity index (χ4n) is 3.36. The monoisotopic (exact) mass is 404 g/mol. The van der Waals surface area contributed by atoms with Gasteiger partial charge in [0, 0.05) is 61.8 Å². The molecular formula is C23H28N6O. The number of fused-ring (bicyclic) bond motifs is 1. The van der Waals surface area contributed by atoms with Gasteiger partial charge in [-0.3, -0.25) is 10.4 Å². The molecule has 3 aromatic rings. The zero-order chi connectivity index (χ0) is 21.5. The first-order valence-electron chi connectivity index (χ1n) is 9.80. The van der Waals surface area contributed by atoms with Gasteiger partial charge in [-0.2, -0.15) is 0 Å². The average molecular weight is 405 g/mol. The molecule has 1 unspecified atom stereocenters. The van der Waals surface area contributed by atoms with E-state index in [1.165, 1.54) is 11.8 Å². The quantitative estimate of drug-likeness (QED) is 0.202. The molecule has 30 heavy (non-hydrogen) atoms. The Morgan fingerprint density at radius 3 is 2.83 bits per heavy atom. The van der Waals surface area contributed by atoms with Crippen LogP contribution in [0, 0.1) is 10.8 Å². The Morgan fingerprint density at radius 2 is 2.10 bits per heavy atom. The third-order valence-electron chi connectivity index (χ3n) is 4.99. The summed E-state index contributed by atoms with van der Waals surface area (Å²) in [5.74, 6) is -0.238. The van der Waals surface area contributed by atoms with Crippen LogP contribution < -0.4 is 11.1 Å². The van der Waals surface area contributed by atoms with Crippen LogP contribution in [0.15, 0.2) is 47.5 Å². The molecule has 1 heterocycles. The van der Waals surface area contributed by atoms with Crippen molar-refractivity contribution in [2.24, 2.45) is 4.99 Å². The van der Waals surface area contributed by atoms with Crippen LogP contribution in [0.4, 0.5) is 5.69 Å². The van der Waals surface area contributed by atoms with Crippen molar-refractivity contribution in [3.05, 3.63) is 64.8 Å². The lowest BCUT2D eigenvalue weighted by atomic mass is 9.95. The van der Waals surface area contributed by atoms with Crippen molar-refractivity contribution in [3.63, 3.8) is 0 Å². The summed E-state index contributed by atoms with van der Waals surface area (Å²) < 4.78 is 5.05. The molecule has 0 bridgehead atoms. The van der Waals surface area contributed by atoms with E-state index in [0.29, 0.717) is 29.3 Å². The van der Waals surface area contributed by atoms with Gasteiger partial charge in [0.05, 0.1) is 23.9 Å². The molecule has 0 amide bonds. The van der Waals surface area contributed by atoms with Crippen LogP contribution in [0.5, 0.6) is 0 Å². The van der Waals surface area contributed by atoms with Gasteiger partial charge in [-0.25, -0.2) is 0 Å². The second-order valence-corrected chi connectivity index (χ2v) is 7.10. The van der Waals surface area contributed by atoms with E-state index in [1.54, 1.807) is 26.4 Å².